The molecule has 3 amide bonds. The highest BCUT2D eigenvalue weighted by molar-refractivity contribution is 6.24. The molecule has 0 aliphatic heterocycles. The Morgan fingerprint density at radius 3 is 2.30 bits per heavy atom. The molecule has 0 fully saturated rings. The predicted molar refractivity (Wildman–Crippen MR) is 182 cm³/mol. The minimum absolute atomic E-state index is 0. The third-order valence-corrected chi connectivity index (χ3v) is 7.08. The summed E-state index contributed by atoms with van der Waals surface area (Å²) in [6, 6.07) is 21.4. The second kappa shape index (κ2) is 15.7. The summed E-state index contributed by atoms with van der Waals surface area (Å²) in [5, 5.41) is 17.0. The maximum atomic E-state index is 13.3. The number of nitrogens with zero attached hydrogens (tertiary/aromatic N) is 3. The van der Waals surface area contributed by atoms with E-state index >= 15 is 0 Å². The lowest BCUT2D eigenvalue weighted by molar-refractivity contribution is -0.126. The van der Waals surface area contributed by atoms with Crippen LogP contribution in [0.1, 0.15) is 36.1 Å². The van der Waals surface area contributed by atoms with Crippen molar-refractivity contribution in [2.24, 2.45) is 4.99 Å². The number of terminal acetylenes is 1. The minimum Gasteiger partial charge on any atom is -0.481 e. The molecule has 3 aromatic carbocycles. The van der Waals surface area contributed by atoms with Crippen molar-refractivity contribution in [1.82, 2.24) is 10.6 Å². The van der Waals surface area contributed by atoms with Crippen LogP contribution in [0.4, 0.5) is 21.9 Å². The Morgan fingerprint density at radius 1 is 0.957 bits per heavy atom. The summed E-state index contributed by atoms with van der Waals surface area (Å²) < 4.78 is 5.92. The Kier molecular flexibility index (Phi) is 11.8. The molecule has 4 rings (SSSR count). The van der Waals surface area contributed by atoms with Gasteiger partial charge in [0.1, 0.15) is 5.75 Å². The minimum atomic E-state index is -0.898. The smallest absolute Gasteiger partial charge is 0.323 e. The van der Waals surface area contributed by atoms with E-state index in [1.165, 1.54) is 12.2 Å². The number of rotatable bonds is 9. The van der Waals surface area contributed by atoms with Gasteiger partial charge in [-0.2, -0.15) is 5.26 Å². The number of benzene rings is 3. The monoisotopic (exact) mass is 632 g/mol. The van der Waals surface area contributed by atoms with Gasteiger partial charge in [-0.1, -0.05) is 24.1 Å². The fraction of sp³-hybridized carbons (Fsp3) is 0.194. The molecule has 5 N–H and O–H groups in total. The SMILES string of the molecule is C#CN(CC)c1ccc(N=C2C=C(NC(=O)Nc3ccc(C#N)cc3)C(=O)C=C2NC(=O)C(C)Oc2ccc(C)cc2C)c(C)c1.O. The van der Waals surface area contributed by atoms with E-state index < -0.39 is 23.8 Å². The van der Waals surface area contributed by atoms with Gasteiger partial charge in [0, 0.05) is 30.0 Å². The van der Waals surface area contributed by atoms with Crippen LogP contribution in [-0.4, -0.2) is 41.6 Å². The predicted octanol–water partition coefficient (Wildman–Crippen LogP) is 4.90. The normalized spacial score (nSPS) is 13.5. The van der Waals surface area contributed by atoms with Gasteiger partial charge >= 0.3 is 6.03 Å². The molecule has 0 saturated heterocycles. The summed E-state index contributed by atoms with van der Waals surface area (Å²) in [6.45, 7) is 9.92. The molecule has 11 heteroatoms. The Labute approximate surface area is 274 Å². The van der Waals surface area contributed by atoms with E-state index in [4.69, 9.17) is 21.4 Å². The van der Waals surface area contributed by atoms with Gasteiger partial charge in [-0.05, 0) is 100 Å². The first-order valence-corrected chi connectivity index (χ1v) is 14.6. The van der Waals surface area contributed by atoms with Crippen molar-refractivity contribution in [3.8, 4) is 24.3 Å². The van der Waals surface area contributed by atoms with Crippen molar-refractivity contribution in [2.75, 3.05) is 16.8 Å². The van der Waals surface area contributed by atoms with Crippen LogP contribution in [0.2, 0.25) is 0 Å². The van der Waals surface area contributed by atoms with E-state index in [0.29, 0.717) is 29.2 Å². The number of carbonyl (C=O) groups excluding carboxylic acids is 3. The van der Waals surface area contributed by atoms with Gasteiger partial charge in [-0.3, -0.25) is 9.59 Å². The number of urea groups is 1. The van der Waals surface area contributed by atoms with Crippen molar-refractivity contribution < 1.29 is 24.6 Å². The molecule has 1 atom stereocenters. The summed E-state index contributed by atoms with van der Waals surface area (Å²) >= 11 is 0. The number of ether oxygens (including phenoxy) is 1. The van der Waals surface area contributed by atoms with E-state index in [9.17, 15) is 14.4 Å². The maximum Gasteiger partial charge on any atom is 0.323 e. The number of aliphatic imine (C=N–C) groups is 1. The molecule has 11 nitrogen and oxygen atoms in total. The van der Waals surface area contributed by atoms with Crippen LogP contribution < -0.4 is 25.6 Å². The highest BCUT2D eigenvalue weighted by Gasteiger charge is 2.25. The maximum absolute atomic E-state index is 13.3. The Morgan fingerprint density at radius 2 is 1.68 bits per heavy atom. The fourth-order valence-electron chi connectivity index (χ4n) is 4.59. The van der Waals surface area contributed by atoms with Gasteiger partial charge in [0.25, 0.3) is 5.91 Å². The van der Waals surface area contributed by atoms with Gasteiger partial charge in [0.2, 0.25) is 5.78 Å². The van der Waals surface area contributed by atoms with Crippen LogP contribution in [-0.2, 0) is 9.59 Å². The largest absolute Gasteiger partial charge is 0.481 e. The summed E-state index contributed by atoms with van der Waals surface area (Å²) in [5.41, 5.74) is 5.35. The van der Waals surface area contributed by atoms with Crippen LogP contribution >= 0.6 is 0 Å². The molecule has 47 heavy (non-hydrogen) atoms. The zero-order valence-corrected chi connectivity index (χ0v) is 26.8. The highest BCUT2D eigenvalue weighted by atomic mass is 16.5. The molecule has 0 radical (unpaired) electrons. The number of nitrogens with one attached hydrogen (secondary N) is 3. The van der Waals surface area contributed by atoms with Crippen molar-refractivity contribution >= 4 is 40.5 Å². The second-order valence-corrected chi connectivity index (χ2v) is 10.6. The summed E-state index contributed by atoms with van der Waals surface area (Å²) in [7, 11) is 0. The molecular weight excluding hydrogens is 596 g/mol. The van der Waals surface area contributed by atoms with Gasteiger partial charge in [-0.25, -0.2) is 9.79 Å². The van der Waals surface area contributed by atoms with Crippen molar-refractivity contribution in [3.05, 3.63) is 106 Å². The molecular formula is C36H36N6O5. The lowest BCUT2D eigenvalue weighted by Crippen LogP contribution is -2.40. The van der Waals surface area contributed by atoms with Crippen molar-refractivity contribution in [1.29, 1.82) is 5.26 Å². The molecule has 0 spiro atoms. The van der Waals surface area contributed by atoms with Crippen LogP contribution in [0, 0.1) is 44.6 Å². The molecule has 0 saturated carbocycles. The third kappa shape index (κ3) is 8.94. The van der Waals surface area contributed by atoms with Gasteiger partial charge in [-0.15, -0.1) is 0 Å². The van der Waals surface area contributed by atoms with Crippen molar-refractivity contribution in [2.45, 2.75) is 40.7 Å². The zero-order valence-electron chi connectivity index (χ0n) is 26.8. The van der Waals surface area contributed by atoms with E-state index in [0.717, 1.165) is 22.4 Å². The second-order valence-electron chi connectivity index (χ2n) is 10.6. The molecule has 0 heterocycles. The Hall–Kier alpha value is -6.17. The lowest BCUT2D eigenvalue weighted by Gasteiger charge is -2.21. The molecule has 1 aliphatic carbocycles. The van der Waals surface area contributed by atoms with Crippen LogP contribution in [0.15, 0.2) is 89.2 Å². The topological polar surface area (TPSA) is 167 Å². The standard InChI is InChI=1S/C36H34N6O4.H2O/c1-7-42(8-2)28-14-15-29(23(4)18-28)39-30-19-32(41-36(45)38-27-12-10-26(21-37)11-13-27)33(43)20-31(30)40-35(44)25(6)46-34-16-9-22(3)17-24(34)5;/h1,9-20,25H,8H2,2-6H3,(H,40,44)(H2,38,41,45);1H2. The molecule has 0 bridgehead atoms. The zero-order chi connectivity index (χ0) is 33.4. The number of hydrogen-bond donors (Lipinski definition) is 3. The van der Waals surface area contributed by atoms with Gasteiger partial charge < -0.3 is 31.1 Å². The molecule has 240 valence electrons. The summed E-state index contributed by atoms with van der Waals surface area (Å²) in [6.07, 6.45) is 7.34. The van der Waals surface area contributed by atoms with Crippen LogP contribution in [0.5, 0.6) is 5.75 Å². The average molecular weight is 633 g/mol. The number of aryl methyl sites for hydroxylation is 3. The number of ketones is 1. The number of hydrogen-bond acceptors (Lipinski definition) is 7. The molecule has 1 aliphatic rings. The first-order valence-electron chi connectivity index (χ1n) is 14.6. The first-order chi connectivity index (χ1) is 22.0. The first kappa shape index (κ1) is 35.3. The van der Waals surface area contributed by atoms with Crippen molar-refractivity contribution in [3.63, 3.8) is 0 Å². The average Bonchev–Trinajstić information content (AvgIpc) is 3.02. The summed E-state index contributed by atoms with van der Waals surface area (Å²) in [4.78, 5) is 45.7. The molecule has 1 unspecified atom stereocenters. The number of nitriles is 1. The quantitative estimate of drug-likeness (QED) is 0.172. The van der Waals surface area contributed by atoms with E-state index in [-0.39, 0.29) is 22.6 Å². The van der Waals surface area contributed by atoms with E-state index in [1.54, 1.807) is 48.2 Å². The van der Waals surface area contributed by atoms with Crippen LogP contribution in [0.3, 0.4) is 0 Å². The van der Waals surface area contributed by atoms with Gasteiger partial charge in [0.15, 0.2) is 6.10 Å². The molecule has 3 aromatic rings. The summed E-state index contributed by atoms with van der Waals surface area (Å²) in [5.74, 6) is -0.471. The number of anilines is 2. The Bertz CT molecular complexity index is 1860. The molecule has 0 aromatic heterocycles. The number of carbonyl (C=O) groups is 3. The lowest BCUT2D eigenvalue weighted by atomic mass is 10.0. The number of allylic oxidation sites excluding steroid dienone is 2. The fourth-order valence-corrected chi connectivity index (χ4v) is 4.59. The van der Waals surface area contributed by atoms with Gasteiger partial charge in [0.05, 0.1) is 34.4 Å². The van der Waals surface area contributed by atoms with E-state index in [2.05, 4.69) is 22.0 Å². The highest BCUT2D eigenvalue weighted by Crippen LogP contribution is 2.27. The number of amides is 3. The Balaban J connectivity index is 0.00000600. The van der Waals surface area contributed by atoms with E-state index in [1.807, 2.05) is 58.0 Å². The third-order valence-electron chi connectivity index (χ3n) is 7.08. The van der Waals surface area contributed by atoms with Crippen LogP contribution in [0.25, 0.3) is 0 Å².